The van der Waals surface area contributed by atoms with Crippen LogP contribution in [-0.2, 0) is 9.84 Å². The van der Waals surface area contributed by atoms with Crippen LogP contribution in [0.4, 0.5) is 11.4 Å². The molecule has 1 heterocycles. The first-order valence-corrected chi connectivity index (χ1v) is 10.1. The maximum Gasteiger partial charge on any atom is 0.214 e. The fourth-order valence-electron chi connectivity index (χ4n) is 3.14. The quantitative estimate of drug-likeness (QED) is 0.619. The molecule has 0 saturated carbocycles. The average molecular weight is 391 g/mol. The van der Waals surface area contributed by atoms with Crippen LogP contribution >= 0.6 is 0 Å². The zero-order chi connectivity index (χ0) is 19.7. The van der Waals surface area contributed by atoms with Crippen LogP contribution in [0.2, 0.25) is 0 Å². The second kappa shape index (κ2) is 6.98. The molecular formula is C22H17NO4S. The Hall–Kier alpha value is -3.38. The number of sulfone groups is 1. The van der Waals surface area contributed by atoms with E-state index < -0.39 is 15.6 Å². The summed E-state index contributed by atoms with van der Waals surface area (Å²) in [6.07, 6.45) is 1.39. The molecule has 0 unspecified atom stereocenters. The van der Waals surface area contributed by atoms with Gasteiger partial charge in [-0.15, -0.1) is 0 Å². The van der Waals surface area contributed by atoms with E-state index in [1.165, 1.54) is 12.3 Å². The molecule has 1 aliphatic rings. The summed E-state index contributed by atoms with van der Waals surface area (Å²) in [5, 5.41) is 0. The lowest BCUT2D eigenvalue weighted by atomic mass is 10.1. The maximum absolute atomic E-state index is 13.2. The van der Waals surface area contributed by atoms with Crippen molar-refractivity contribution >= 4 is 27.0 Å². The Labute approximate surface area is 163 Å². The van der Waals surface area contributed by atoms with E-state index in [1.807, 2.05) is 12.1 Å². The summed E-state index contributed by atoms with van der Waals surface area (Å²) < 4.78 is 31.6. The van der Waals surface area contributed by atoms with E-state index in [0.29, 0.717) is 22.7 Å². The number of allylic oxidation sites excluding steroid dienone is 1. The fraction of sp³-hybridized carbons (Fsp3) is 0.0455. The van der Waals surface area contributed by atoms with Crippen molar-refractivity contribution in [3.05, 3.63) is 95.5 Å². The first kappa shape index (κ1) is 18.0. The highest BCUT2D eigenvalue weighted by molar-refractivity contribution is 7.96. The number of para-hydroxylation sites is 1. The Kier molecular flexibility index (Phi) is 4.49. The van der Waals surface area contributed by atoms with Crippen molar-refractivity contribution in [3.8, 4) is 5.75 Å². The zero-order valence-electron chi connectivity index (χ0n) is 15.1. The predicted octanol–water partition coefficient (Wildman–Crippen LogP) is 4.34. The van der Waals surface area contributed by atoms with E-state index in [4.69, 9.17) is 4.74 Å². The highest BCUT2D eigenvalue weighted by atomic mass is 32.2. The summed E-state index contributed by atoms with van der Waals surface area (Å²) in [7, 11) is -2.38. The van der Waals surface area contributed by atoms with Crippen molar-refractivity contribution < 1.29 is 17.9 Å². The normalized spacial score (nSPS) is 14.8. The monoisotopic (exact) mass is 391 g/mol. The zero-order valence-corrected chi connectivity index (χ0v) is 15.9. The van der Waals surface area contributed by atoms with Crippen molar-refractivity contribution in [2.75, 3.05) is 12.0 Å². The third kappa shape index (κ3) is 2.97. The second-order valence-corrected chi connectivity index (χ2v) is 8.12. The molecule has 0 aromatic heterocycles. The minimum atomic E-state index is -3.95. The van der Waals surface area contributed by atoms with Crippen LogP contribution in [0.3, 0.4) is 0 Å². The Morgan fingerprint density at radius 2 is 1.61 bits per heavy atom. The van der Waals surface area contributed by atoms with E-state index in [1.54, 1.807) is 72.7 Å². The van der Waals surface area contributed by atoms with Crippen molar-refractivity contribution in [1.82, 2.24) is 0 Å². The molecule has 140 valence electrons. The fourth-order valence-corrected chi connectivity index (χ4v) is 4.69. The number of carbonyl (C=O) groups excluding carboxylic acids is 1. The number of ketones is 1. The van der Waals surface area contributed by atoms with Crippen LogP contribution in [-0.4, -0.2) is 21.3 Å². The van der Waals surface area contributed by atoms with Crippen LogP contribution in [0.15, 0.2) is 94.9 Å². The van der Waals surface area contributed by atoms with Gasteiger partial charge in [0, 0.05) is 23.5 Å². The SMILES string of the molecule is COc1cccc(N2C=C(C(=O)c3ccccc3)S(=O)(=O)c3ccccc32)c1. The summed E-state index contributed by atoms with van der Waals surface area (Å²) >= 11 is 0. The number of hydrogen-bond acceptors (Lipinski definition) is 5. The molecule has 0 fully saturated rings. The predicted molar refractivity (Wildman–Crippen MR) is 108 cm³/mol. The topological polar surface area (TPSA) is 63.7 Å². The second-order valence-electron chi connectivity index (χ2n) is 6.23. The summed E-state index contributed by atoms with van der Waals surface area (Å²) in [4.78, 5) is 14.6. The summed E-state index contributed by atoms with van der Waals surface area (Å²) in [5.74, 6) is 0.0933. The first-order valence-electron chi connectivity index (χ1n) is 8.61. The number of benzene rings is 3. The smallest absolute Gasteiger partial charge is 0.214 e. The molecule has 0 amide bonds. The van der Waals surface area contributed by atoms with Gasteiger partial charge in [0.05, 0.1) is 17.7 Å². The van der Waals surface area contributed by atoms with Crippen LogP contribution in [0, 0.1) is 0 Å². The molecule has 0 saturated heterocycles. The molecule has 5 nitrogen and oxygen atoms in total. The van der Waals surface area contributed by atoms with Crippen LogP contribution in [0.5, 0.6) is 5.75 Å². The summed E-state index contributed by atoms with van der Waals surface area (Å²) in [6.45, 7) is 0. The van der Waals surface area contributed by atoms with Gasteiger partial charge in [0.1, 0.15) is 10.7 Å². The van der Waals surface area contributed by atoms with E-state index >= 15 is 0 Å². The first-order chi connectivity index (χ1) is 13.5. The van der Waals surface area contributed by atoms with Gasteiger partial charge in [0.2, 0.25) is 15.6 Å². The highest BCUT2D eigenvalue weighted by Crippen LogP contribution is 2.40. The Morgan fingerprint density at radius 1 is 0.893 bits per heavy atom. The van der Waals surface area contributed by atoms with Gasteiger partial charge in [0.25, 0.3) is 0 Å². The third-order valence-corrected chi connectivity index (χ3v) is 6.34. The molecule has 0 radical (unpaired) electrons. The van der Waals surface area contributed by atoms with E-state index in [2.05, 4.69) is 0 Å². The molecule has 3 aromatic rings. The number of fused-ring (bicyclic) bond motifs is 1. The van der Waals surface area contributed by atoms with Crippen LogP contribution in [0.25, 0.3) is 0 Å². The van der Waals surface area contributed by atoms with Gasteiger partial charge < -0.3 is 9.64 Å². The van der Waals surface area contributed by atoms with Crippen molar-refractivity contribution in [2.45, 2.75) is 4.90 Å². The van der Waals surface area contributed by atoms with Crippen molar-refractivity contribution in [2.24, 2.45) is 0 Å². The minimum Gasteiger partial charge on any atom is -0.497 e. The van der Waals surface area contributed by atoms with Gasteiger partial charge >= 0.3 is 0 Å². The van der Waals surface area contributed by atoms with Gasteiger partial charge in [0.15, 0.2) is 0 Å². The van der Waals surface area contributed by atoms with Gasteiger partial charge in [-0.2, -0.15) is 0 Å². The van der Waals surface area contributed by atoms with E-state index in [-0.39, 0.29) is 9.80 Å². The number of rotatable bonds is 4. The van der Waals surface area contributed by atoms with Crippen molar-refractivity contribution in [3.63, 3.8) is 0 Å². The lowest BCUT2D eigenvalue weighted by Gasteiger charge is -2.29. The lowest BCUT2D eigenvalue weighted by Crippen LogP contribution is -2.25. The Balaban J connectivity index is 1.93. The molecule has 1 aliphatic heterocycles. The number of carbonyl (C=O) groups is 1. The number of anilines is 2. The molecule has 3 aromatic carbocycles. The lowest BCUT2D eigenvalue weighted by molar-refractivity contribution is 0.104. The molecule has 0 spiro atoms. The Morgan fingerprint density at radius 3 is 2.36 bits per heavy atom. The Bertz CT molecular complexity index is 1180. The maximum atomic E-state index is 13.2. The molecule has 4 rings (SSSR count). The van der Waals surface area contributed by atoms with Crippen LogP contribution in [0.1, 0.15) is 10.4 Å². The number of nitrogens with zero attached hydrogens (tertiary/aromatic N) is 1. The minimum absolute atomic E-state index is 0.0969. The highest BCUT2D eigenvalue weighted by Gasteiger charge is 2.35. The molecule has 0 N–H and O–H groups in total. The number of methoxy groups -OCH3 is 1. The van der Waals surface area contributed by atoms with E-state index in [9.17, 15) is 13.2 Å². The number of Topliss-reactive ketones (excluding diaryl/α,β-unsaturated/α-hetero) is 1. The molecule has 0 atom stereocenters. The number of hydrogen-bond donors (Lipinski definition) is 0. The largest absolute Gasteiger partial charge is 0.497 e. The van der Waals surface area contributed by atoms with E-state index in [0.717, 1.165) is 0 Å². The third-order valence-electron chi connectivity index (χ3n) is 4.54. The van der Waals surface area contributed by atoms with Crippen molar-refractivity contribution in [1.29, 1.82) is 0 Å². The molecule has 28 heavy (non-hydrogen) atoms. The number of ether oxygens (including phenoxy) is 1. The molecule has 6 heteroatoms. The summed E-state index contributed by atoms with van der Waals surface area (Å²) in [5.41, 5.74) is 1.50. The van der Waals surface area contributed by atoms with Gasteiger partial charge in [-0.3, -0.25) is 4.79 Å². The molecule has 0 aliphatic carbocycles. The van der Waals surface area contributed by atoms with Crippen LogP contribution < -0.4 is 9.64 Å². The van der Waals surface area contributed by atoms with Gasteiger partial charge in [-0.05, 0) is 24.3 Å². The summed E-state index contributed by atoms with van der Waals surface area (Å²) in [6, 6.07) is 22.3. The van der Waals surface area contributed by atoms with Gasteiger partial charge in [-0.1, -0.05) is 48.5 Å². The standard InChI is InChI=1S/C22H17NO4S/c1-27-18-11-7-10-17(14-18)23-15-21(22(24)16-8-3-2-4-9-16)28(25,26)20-13-6-5-12-19(20)23/h2-15H,1H3. The molecular weight excluding hydrogens is 374 g/mol. The molecule has 0 bridgehead atoms. The average Bonchev–Trinajstić information content (AvgIpc) is 2.74. The van der Waals surface area contributed by atoms with Gasteiger partial charge in [-0.25, -0.2) is 8.42 Å².